The first-order valence-electron chi connectivity index (χ1n) is 4.72. The van der Waals surface area contributed by atoms with Crippen LogP contribution in [0.4, 0.5) is 0 Å². The molecule has 0 saturated carbocycles. The summed E-state index contributed by atoms with van der Waals surface area (Å²) in [6.07, 6.45) is 4.15. The van der Waals surface area contributed by atoms with Crippen LogP contribution in [0.3, 0.4) is 0 Å². The zero-order valence-corrected chi connectivity index (χ0v) is 8.35. The quantitative estimate of drug-likeness (QED) is 0.504. The smallest absolute Gasteiger partial charge is 0.173 e. The lowest BCUT2D eigenvalue weighted by molar-refractivity contribution is -0.159. The highest BCUT2D eigenvalue weighted by molar-refractivity contribution is 6.20. The van der Waals surface area contributed by atoms with Crippen LogP contribution in [-0.2, 0) is 9.47 Å². The van der Waals surface area contributed by atoms with E-state index < -0.39 is 0 Å². The molecule has 1 aliphatic rings. The minimum atomic E-state index is -0.160. The van der Waals surface area contributed by atoms with E-state index in [1.165, 1.54) is 0 Å². The van der Waals surface area contributed by atoms with Crippen molar-refractivity contribution in [3.63, 3.8) is 0 Å². The molecule has 3 heteroatoms. The molecular formula is C9H17ClO2. The predicted octanol–water partition coefficient (Wildman–Crippen LogP) is 2.55. The van der Waals surface area contributed by atoms with E-state index in [2.05, 4.69) is 6.92 Å². The summed E-state index contributed by atoms with van der Waals surface area (Å²) >= 11 is 6.01. The molecule has 12 heavy (non-hydrogen) atoms. The summed E-state index contributed by atoms with van der Waals surface area (Å²) in [7, 11) is 0. The summed E-state index contributed by atoms with van der Waals surface area (Å²) in [5.74, 6) is 0. The molecule has 2 atom stereocenters. The van der Waals surface area contributed by atoms with Gasteiger partial charge in [0.15, 0.2) is 6.29 Å². The van der Waals surface area contributed by atoms with Gasteiger partial charge in [-0.25, -0.2) is 0 Å². The third kappa shape index (κ3) is 3.30. The van der Waals surface area contributed by atoms with Crippen LogP contribution in [0.5, 0.6) is 0 Å². The number of hydrogen-bond acceptors (Lipinski definition) is 2. The average Bonchev–Trinajstić information content (AvgIpc) is 2.09. The molecule has 72 valence electrons. The van der Waals surface area contributed by atoms with Gasteiger partial charge in [0.05, 0.1) is 5.38 Å². The maximum absolute atomic E-state index is 6.01. The Kier molecular flexibility index (Phi) is 4.96. The molecule has 0 unspecified atom stereocenters. The second-order valence-electron chi connectivity index (χ2n) is 3.12. The minimum Gasteiger partial charge on any atom is -0.351 e. The molecule has 0 aromatic rings. The van der Waals surface area contributed by atoms with Gasteiger partial charge in [0, 0.05) is 13.2 Å². The first-order valence-corrected chi connectivity index (χ1v) is 5.15. The zero-order chi connectivity index (χ0) is 8.81. The van der Waals surface area contributed by atoms with E-state index in [4.69, 9.17) is 21.1 Å². The maximum Gasteiger partial charge on any atom is 0.173 e. The third-order valence-electron chi connectivity index (χ3n) is 1.98. The van der Waals surface area contributed by atoms with Crippen LogP contribution in [-0.4, -0.2) is 24.9 Å². The number of rotatable bonds is 4. The van der Waals surface area contributed by atoms with E-state index >= 15 is 0 Å². The monoisotopic (exact) mass is 192 g/mol. The van der Waals surface area contributed by atoms with Crippen LogP contribution in [0.25, 0.3) is 0 Å². The molecule has 0 aliphatic carbocycles. The van der Waals surface area contributed by atoms with E-state index in [1.54, 1.807) is 0 Å². The van der Waals surface area contributed by atoms with Gasteiger partial charge in [0.1, 0.15) is 0 Å². The van der Waals surface area contributed by atoms with Crippen LogP contribution in [0.2, 0.25) is 0 Å². The Hall–Kier alpha value is 0.210. The molecule has 0 radical (unpaired) electrons. The molecule has 1 aliphatic heterocycles. The van der Waals surface area contributed by atoms with Crippen LogP contribution < -0.4 is 0 Å². The maximum atomic E-state index is 6.01. The number of alkyl halides is 1. The van der Waals surface area contributed by atoms with Gasteiger partial charge in [-0.15, -0.1) is 11.6 Å². The van der Waals surface area contributed by atoms with Gasteiger partial charge >= 0.3 is 0 Å². The van der Waals surface area contributed by atoms with Crippen LogP contribution >= 0.6 is 11.6 Å². The van der Waals surface area contributed by atoms with Crippen molar-refractivity contribution in [1.29, 1.82) is 0 Å². The standard InChI is InChI=1S/C9H17ClO2/c1-2-3-6-11-9-8(10)5-4-7-12-9/h8-9H,2-7H2,1H3/t8-,9-/m1/s1. The summed E-state index contributed by atoms with van der Waals surface area (Å²) in [4.78, 5) is 0. The summed E-state index contributed by atoms with van der Waals surface area (Å²) in [6, 6.07) is 0. The van der Waals surface area contributed by atoms with Gasteiger partial charge in [-0.1, -0.05) is 13.3 Å². The SMILES string of the molecule is CCCCO[C@@H]1OCCC[C@H]1Cl. The fraction of sp³-hybridized carbons (Fsp3) is 1.00. The van der Waals surface area contributed by atoms with Crippen molar-refractivity contribution < 1.29 is 9.47 Å². The summed E-state index contributed by atoms with van der Waals surface area (Å²) in [5, 5.41) is 0.0515. The Morgan fingerprint density at radius 2 is 2.42 bits per heavy atom. The van der Waals surface area contributed by atoms with Crippen molar-refractivity contribution in [2.24, 2.45) is 0 Å². The van der Waals surface area contributed by atoms with Crippen molar-refractivity contribution in [2.45, 2.75) is 44.3 Å². The number of unbranched alkanes of at least 4 members (excludes halogenated alkanes) is 1. The Bertz CT molecular complexity index is 119. The second kappa shape index (κ2) is 5.79. The van der Waals surface area contributed by atoms with Crippen molar-refractivity contribution in [2.75, 3.05) is 13.2 Å². The highest BCUT2D eigenvalue weighted by Crippen LogP contribution is 2.20. The lowest BCUT2D eigenvalue weighted by Crippen LogP contribution is -2.32. The first-order chi connectivity index (χ1) is 5.84. The molecule has 0 spiro atoms. The Morgan fingerprint density at radius 1 is 1.58 bits per heavy atom. The highest BCUT2D eigenvalue weighted by atomic mass is 35.5. The average molecular weight is 193 g/mol. The molecule has 0 N–H and O–H groups in total. The lowest BCUT2D eigenvalue weighted by Gasteiger charge is -2.27. The van der Waals surface area contributed by atoms with Crippen molar-refractivity contribution >= 4 is 11.6 Å². The Balaban J connectivity index is 2.11. The molecule has 1 heterocycles. The molecule has 2 nitrogen and oxygen atoms in total. The van der Waals surface area contributed by atoms with Gasteiger partial charge in [-0.2, -0.15) is 0 Å². The normalized spacial score (nSPS) is 30.5. The van der Waals surface area contributed by atoms with Gasteiger partial charge < -0.3 is 9.47 Å². The van der Waals surface area contributed by atoms with Crippen molar-refractivity contribution in [1.82, 2.24) is 0 Å². The van der Waals surface area contributed by atoms with Crippen LogP contribution in [0.15, 0.2) is 0 Å². The summed E-state index contributed by atoms with van der Waals surface area (Å²) in [5.41, 5.74) is 0. The minimum absolute atomic E-state index is 0.0515. The predicted molar refractivity (Wildman–Crippen MR) is 49.5 cm³/mol. The summed E-state index contributed by atoms with van der Waals surface area (Å²) < 4.78 is 10.9. The van der Waals surface area contributed by atoms with Crippen LogP contribution in [0.1, 0.15) is 32.6 Å². The van der Waals surface area contributed by atoms with Crippen molar-refractivity contribution in [3.05, 3.63) is 0 Å². The molecule has 1 rings (SSSR count). The number of ether oxygens (including phenoxy) is 2. The molecule has 0 bridgehead atoms. The summed E-state index contributed by atoms with van der Waals surface area (Å²) in [6.45, 7) is 3.70. The van der Waals surface area contributed by atoms with Gasteiger partial charge in [0.25, 0.3) is 0 Å². The molecule has 0 aromatic heterocycles. The molecule has 1 fully saturated rings. The molecule has 0 amide bonds. The molecule has 1 saturated heterocycles. The van der Waals surface area contributed by atoms with E-state index in [0.717, 1.165) is 38.9 Å². The first kappa shape index (κ1) is 10.3. The topological polar surface area (TPSA) is 18.5 Å². The largest absolute Gasteiger partial charge is 0.351 e. The second-order valence-corrected chi connectivity index (χ2v) is 3.68. The van der Waals surface area contributed by atoms with E-state index in [9.17, 15) is 0 Å². The zero-order valence-electron chi connectivity index (χ0n) is 7.59. The molecular weight excluding hydrogens is 176 g/mol. The third-order valence-corrected chi connectivity index (χ3v) is 2.41. The molecule has 0 aromatic carbocycles. The van der Waals surface area contributed by atoms with E-state index in [0.29, 0.717) is 0 Å². The van der Waals surface area contributed by atoms with Gasteiger partial charge in [-0.05, 0) is 19.3 Å². The Morgan fingerprint density at radius 3 is 3.08 bits per heavy atom. The highest BCUT2D eigenvalue weighted by Gasteiger charge is 2.23. The fourth-order valence-corrected chi connectivity index (χ4v) is 1.51. The van der Waals surface area contributed by atoms with Gasteiger partial charge in [-0.3, -0.25) is 0 Å². The van der Waals surface area contributed by atoms with E-state index in [1.807, 2.05) is 0 Å². The lowest BCUT2D eigenvalue weighted by atomic mass is 10.2. The van der Waals surface area contributed by atoms with E-state index in [-0.39, 0.29) is 11.7 Å². The fourth-order valence-electron chi connectivity index (χ4n) is 1.21. The van der Waals surface area contributed by atoms with Crippen LogP contribution in [0, 0.1) is 0 Å². The number of halogens is 1. The Labute approximate surface area is 79.2 Å². The van der Waals surface area contributed by atoms with Gasteiger partial charge in [0.2, 0.25) is 0 Å². The van der Waals surface area contributed by atoms with Crippen molar-refractivity contribution in [3.8, 4) is 0 Å². The number of hydrogen-bond donors (Lipinski definition) is 0.